The molecule has 0 saturated heterocycles. The summed E-state index contributed by atoms with van der Waals surface area (Å²) in [6.07, 6.45) is 5.23. The van der Waals surface area contributed by atoms with Crippen LogP contribution in [0.5, 0.6) is 0 Å². The van der Waals surface area contributed by atoms with Crippen molar-refractivity contribution in [1.82, 2.24) is 0 Å². The van der Waals surface area contributed by atoms with Crippen LogP contribution in [0.15, 0.2) is 5.16 Å². The summed E-state index contributed by atoms with van der Waals surface area (Å²) in [5.41, 5.74) is 0.363. The van der Waals surface area contributed by atoms with Gasteiger partial charge in [0.15, 0.2) is 0 Å². The van der Waals surface area contributed by atoms with Gasteiger partial charge in [0.2, 0.25) is 0 Å². The van der Waals surface area contributed by atoms with Gasteiger partial charge in [-0.1, -0.05) is 18.0 Å². The van der Waals surface area contributed by atoms with Gasteiger partial charge < -0.3 is 4.84 Å². The molecule has 0 N–H and O–H groups in total. The average molecular weight is 139 g/mol. The molecule has 0 heterocycles. The minimum absolute atomic E-state index is 0.307. The Kier molecular flexibility index (Phi) is 3.97. The van der Waals surface area contributed by atoms with Gasteiger partial charge in [-0.2, -0.15) is 0 Å². The van der Waals surface area contributed by atoms with E-state index in [9.17, 15) is 4.79 Å². The summed E-state index contributed by atoms with van der Waals surface area (Å²) in [6.45, 7) is 3.27. The predicted octanol–water partition coefficient (Wildman–Crippen LogP) is 0.949. The molecule has 0 atom stereocenters. The van der Waals surface area contributed by atoms with Crippen LogP contribution in [-0.2, 0) is 9.63 Å². The standard InChI is InChI=1S/C7H9NO2/c1-4-6(3)8-10-7(9)5-2/h1H,5H2,2-3H3/b8-6+. The Morgan fingerprint density at radius 1 is 1.80 bits per heavy atom. The third-order valence-corrected chi connectivity index (χ3v) is 0.782. The predicted molar refractivity (Wildman–Crippen MR) is 38.3 cm³/mol. The zero-order chi connectivity index (χ0) is 7.98. The van der Waals surface area contributed by atoms with Crippen molar-refractivity contribution in [2.24, 2.45) is 5.16 Å². The Labute approximate surface area is 60.1 Å². The largest absolute Gasteiger partial charge is 0.334 e. The molecule has 0 aromatic rings. The third kappa shape index (κ3) is 3.67. The lowest BCUT2D eigenvalue weighted by Crippen LogP contribution is -1.98. The van der Waals surface area contributed by atoms with Crippen LogP contribution in [0.1, 0.15) is 20.3 Å². The molecule has 3 heteroatoms. The van der Waals surface area contributed by atoms with Crippen LogP contribution in [0.4, 0.5) is 0 Å². The number of carbonyl (C=O) groups excluding carboxylic acids is 1. The van der Waals surface area contributed by atoms with Gasteiger partial charge in [0.05, 0.1) is 0 Å². The minimum Gasteiger partial charge on any atom is -0.317 e. The molecule has 0 amide bonds. The van der Waals surface area contributed by atoms with Gasteiger partial charge >= 0.3 is 5.97 Å². The van der Waals surface area contributed by atoms with Crippen LogP contribution >= 0.6 is 0 Å². The smallest absolute Gasteiger partial charge is 0.317 e. The van der Waals surface area contributed by atoms with E-state index in [4.69, 9.17) is 6.42 Å². The van der Waals surface area contributed by atoms with Crippen LogP contribution in [0, 0.1) is 12.3 Å². The third-order valence-electron chi connectivity index (χ3n) is 0.782. The summed E-state index contributed by atoms with van der Waals surface area (Å²) >= 11 is 0. The molecule has 0 fully saturated rings. The Morgan fingerprint density at radius 2 is 2.40 bits per heavy atom. The van der Waals surface area contributed by atoms with Gasteiger partial charge in [0.1, 0.15) is 5.71 Å². The van der Waals surface area contributed by atoms with E-state index in [-0.39, 0.29) is 5.97 Å². The lowest BCUT2D eigenvalue weighted by atomic mass is 10.5. The Balaban J connectivity index is 3.75. The summed E-state index contributed by atoms with van der Waals surface area (Å²) in [7, 11) is 0. The maximum Gasteiger partial charge on any atom is 0.334 e. The average Bonchev–Trinajstić information content (AvgIpc) is 1.99. The minimum atomic E-state index is -0.380. The van der Waals surface area contributed by atoms with Gasteiger partial charge in [-0.3, -0.25) is 0 Å². The van der Waals surface area contributed by atoms with Crippen molar-refractivity contribution in [3.05, 3.63) is 0 Å². The Bertz CT molecular complexity index is 188. The quantitative estimate of drug-likeness (QED) is 0.247. The normalized spacial score (nSPS) is 10.3. The van der Waals surface area contributed by atoms with Gasteiger partial charge in [-0.25, -0.2) is 4.79 Å². The van der Waals surface area contributed by atoms with E-state index in [0.717, 1.165) is 0 Å². The first-order valence-corrected chi connectivity index (χ1v) is 2.91. The molecule has 0 aliphatic rings. The molecular formula is C7H9NO2. The van der Waals surface area contributed by atoms with Crippen molar-refractivity contribution in [1.29, 1.82) is 0 Å². The molecule has 0 aliphatic heterocycles. The maximum absolute atomic E-state index is 10.4. The molecule has 0 aromatic heterocycles. The van der Waals surface area contributed by atoms with E-state index in [2.05, 4.69) is 15.9 Å². The van der Waals surface area contributed by atoms with E-state index >= 15 is 0 Å². The highest BCUT2D eigenvalue weighted by Crippen LogP contribution is 1.85. The van der Waals surface area contributed by atoms with E-state index < -0.39 is 0 Å². The molecular weight excluding hydrogens is 130 g/mol. The number of terminal acetylenes is 1. The molecule has 10 heavy (non-hydrogen) atoms. The first kappa shape index (κ1) is 8.70. The lowest BCUT2D eigenvalue weighted by molar-refractivity contribution is -0.143. The zero-order valence-corrected chi connectivity index (χ0v) is 6.05. The van der Waals surface area contributed by atoms with Crippen LogP contribution in [-0.4, -0.2) is 11.7 Å². The summed E-state index contributed by atoms with van der Waals surface area (Å²) in [5, 5.41) is 3.34. The van der Waals surface area contributed by atoms with Crippen LogP contribution in [0.25, 0.3) is 0 Å². The van der Waals surface area contributed by atoms with Crippen molar-refractivity contribution in [3.8, 4) is 12.3 Å². The van der Waals surface area contributed by atoms with E-state index in [1.807, 2.05) is 0 Å². The first-order valence-electron chi connectivity index (χ1n) is 2.91. The Hall–Kier alpha value is -1.30. The molecule has 0 rings (SSSR count). The van der Waals surface area contributed by atoms with E-state index in [1.165, 1.54) is 0 Å². The van der Waals surface area contributed by atoms with Crippen molar-refractivity contribution < 1.29 is 9.63 Å². The molecule has 0 aliphatic carbocycles. The molecule has 54 valence electrons. The topological polar surface area (TPSA) is 38.7 Å². The van der Waals surface area contributed by atoms with Gasteiger partial charge in [-0.15, -0.1) is 6.42 Å². The highest BCUT2D eigenvalue weighted by Gasteiger charge is 1.94. The molecule has 0 radical (unpaired) electrons. The van der Waals surface area contributed by atoms with Crippen molar-refractivity contribution in [2.45, 2.75) is 20.3 Å². The molecule has 3 nitrogen and oxygen atoms in total. The monoisotopic (exact) mass is 139 g/mol. The first-order chi connectivity index (χ1) is 4.70. The number of hydrogen-bond donors (Lipinski definition) is 0. The number of carbonyl (C=O) groups is 1. The molecule has 0 unspecified atom stereocenters. The molecule has 0 spiro atoms. The molecule has 0 saturated carbocycles. The van der Waals surface area contributed by atoms with Gasteiger partial charge in [0, 0.05) is 6.42 Å². The fourth-order valence-corrected chi connectivity index (χ4v) is 0.210. The Morgan fingerprint density at radius 3 is 2.80 bits per heavy atom. The van der Waals surface area contributed by atoms with Crippen LogP contribution < -0.4 is 0 Å². The van der Waals surface area contributed by atoms with Gasteiger partial charge in [-0.05, 0) is 6.92 Å². The maximum atomic E-state index is 10.4. The summed E-state index contributed by atoms with van der Waals surface area (Å²) in [5.74, 6) is 1.84. The second-order valence-corrected chi connectivity index (χ2v) is 1.64. The van der Waals surface area contributed by atoms with Crippen molar-refractivity contribution >= 4 is 11.7 Å². The van der Waals surface area contributed by atoms with Crippen molar-refractivity contribution in [3.63, 3.8) is 0 Å². The molecule has 0 aromatic carbocycles. The van der Waals surface area contributed by atoms with Crippen molar-refractivity contribution in [2.75, 3.05) is 0 Å². The fraction of sp³-hybridized carbons (Fsp3) is 0.429. The summed E-state index contributed by atoms with van der Waals surface area (Å²) in [6, 6.07) is 0. The second kappa shape index (κ2) is 4.57. The highest BCUT2D eigenvalue weighted by atomic mass is 16.7. The lowest BCUT2D eigenvalue weighted by Gasteiger charge is -1.91. The summed E-state index contributed by atoms with van der Waals surface area (Å²) in [4.78, 5) is 14.8. The summed E-state index contributed by atoms with van der Waals surface area (Å²) < 4.78 is 0. The number of oxime groups is 1. The van der Waals surface area contributed by atoms with Crippen LogP contribution in [0.3, 0.4) is 0 Å². The second-order valence-electron chi connectivity index (χ2n) is 1.64. The van der Waals surface area contributed by atoms with Crippen LogP contribution in [0.2, 0.25) is 0 Å². The SMILES string of the molecule is C#C/C(C)=N/OC(=O)CC. The molecule has 0 bridgehead atoms. The number of rotatable bonds is 2. The highest BCUT2D eigenvalue weighted by molar-refractivity contribution is 5.97. The fourth-order valence-electron chi connectivity index (χ4n) is 0.210. The van der Waals surface area contributed by atoms with Gasteiger partial charge in [0.25, 0.3) is 0 Å². The van der Waals surface area contributed by atoms with E-state index in [0.29, 0.717) is 12.1 Å². The number of hydrogen-bond acceptors (Lipinski definition) is 3. The number of nitrogens with zero attached hydrogens (tertiary/aromatic N) is 1. The van der Waals surface area contributed by atoms with E-state index in [1.54, 1.807) is 13.8 Å². The zero-order valence-electron chi connectivity index (χ0n) is 6.05.